The lowest BCUT2D eigenvalue weighted by Gasteiger charge is -2.35. The van der Waals surface area contributed by atoms with Crippen LogP contribution in [0.5, 0.6) is 0 Å². The number of aromatic nitrogens is 3. The van der Waals surface area contributed by atoms with Gasteiger partial charge in [-0.3, -0.25) is 9.47 Å². The van der Waals surface area contributed by atoms with E-state index in [-0.39, 0.29) is 6.03 Å². The number of benzene rings is 1. The molecular formula is C24H30N6O. The van der Waals surface area contributed by atoms with Gasteiger partial charge in [0, 0.05) is 44.1 Å². The first-order valence-electron chi connectivity index (χ1n) is 11.3. The monoisotopic (exact) mass is 418 g/mol. The smallest absolute Gasteiger partial charge is 0.317 e. The van der Waals surface area contributed by atoms with Crippen LogP contribution < -0.4 is 5.32 Å². The summed E-state index contributed by atoms with van der Waals surface area (Å²) in [5.74, 6) is 0.987. The molecule has 0 radical (unpaired) electrons. The summed E-state index contributed by atoms with van der Waals surface area (Å²) in [6, 6.07) is 12.9. The van der Waals surface area contributed by atoms with Crippen molar-refractivity contribution < 1.29 is 4.79 Å². The molecule has 2 aromatic heterocycles. The number of piperazine rings is 1. The van der Waals surface area contributed by atoms with Gasteiger partial charge in [-0.15, -0.1) is 0 Å². The van der Waals surface area contributed by atoms with Crippen LogP contribution in [0.2, 0.25) is 0 Å². The maximum atomic E-state index is 12.6. The van der Waals surface area contributed by atoms with Crippen LogP contribution in [0.15, 0.2) is 42.6 Å². The molecule has 2 aliphatic rings. The molecule has 1 aromatic carbocycles. The molecule has 1 aliphatic carbocycles. The number of nitrogens with zero attached hydrogens (tertiary/aromatic N) is 5. The molecule has 1 N–H and O–H groups in total. The van der Waals surface area contributed by atoms with Crippen LogP contribution >= 0.6 is 0 Å². The number of fused-ring (bicyclic) bond motifs is 1. The van der Waals surface area contributed by atoms with E-state index >= 15 is 0 Å². The molecule has 2 amide bonds. The fourth-order valence-corrected chi connectivity index (χ4v) is 4.68. The van der Waals surface area contributed by atoms with Gasteiger partial charge in [0.15, 0.2) is 5.65 Å². The molecule has 5 rings (SSSR count). The summed E-state index contributed by atoms with van der Waals surface area (Å²) in [5.41, 5.74) is 4.11. The lowest BCUT2D eigenvalue weighted by Crippen LogP contribution is -2.53. The van der Waals surface area contributed by atoms with E-state index in [0.717, 1.165) is 68.2 Å². The van der Waals surface area contributed by atoms with E-state index in [9.17, 15) is 4.79 Å². The standard InChI is InChI=1S/C24H30N6O/c1-18-8-10-20(11-9-18)30-22(27-21-7-4-12-25-23(21)30)17-28-13-15-29(16-14-28)24(31)26-19-5-2-3-6-19/h4,7-12,19H,2-3,5-6,13-17H2,1H3,(H,26,31). The largest absolute Gasteiger partial charge is 0.335 e. The van der Waals surface area contributed by atoms with Crippen LogP contribution in [-0.4, -0.2) is 62.6 Å². The van der Waals surface area contributed by atoms with Crippen LogP contribution in [0, 0.1) is 6.92 Å². The molecule has 3 aromatic rings. The van der Waals surface area contributed by atoms with Crippen molar-refractivity contribution in [1.29, 1.82) is 0 Å². The van der Waals surface area contributed by atoms with Crippen molar-refractivity contribution in [2.45, 2.75) is 45.2 Å². The third-order valence-corrected chi connectivity index (χ3v) is 6.48. The van der Waals surface area contributed by atoms with Crippen molar-refractivity contribution >= 4 is 17.2 Å². The minimum atomic E-state index is 0.0997. The number of amides is 2. The quantitative estimate of drug-likeness (QED) is 0.704. The molecule has 1 saturated carbocycles. The molecule has 162 valence electrons. The molecule has 0 atom stereocenters. The summed E-state index contributed by atoms with van der Waals surface area (Å²) in [7, 11) is 0. The number of hydrogen-bond acceptors (Lipinski definition) is 4. The Balaban J connectivity index is 1.29. The first-order valence-corrected chi connectivity index (χ1v) is 11.3. The normalized spacial score (nSPS) is 18.0. The Morgan fingerprint density at radius 3 is 2.55 bits per heavy atom. The van der Waals surface area contributed by atoms with Gasteiger partial charge in [0.1, 0.15) is 11.3 Å². The van der Waals surface area contributed by atoms with Crippen LogP contribution in [-0.2, 0) is 6.54 Å². The highest BCUT2D eigenvalue weighted by Crippen LogP contribution is 2.22. The number of nitrogens with one attached hydrogen (secondary N) is 1. The highest BCUT2D eigenvalue weighted by molar-refractivity contribution is 5.75. The first-order chi connectivity index (χ1) is 15.2. The summed E-state index contributed by atoms with van der Waals surface area (Å²) < 4.78 is 2.16. The van der Waals surface area contributed by atoms with E-state index in [0.29, 0.717) is 6.04 Å². The minimum Gasteiger partial charge on any atom is -0.335 e. The van der Waals surface area contributed by atoms with Gasteiger partial charge in [0.05, 0.1) is 6.54 Å². The molecule has 1 aliphatic heterocycles. The Morgan fingerprint density at radius 1 is 1.06 bits per heavy atom. The number of aryl methyl sites for hydroxylation is 1. The van der Waals surface area contributed by atoms with Crippen molar-refractivity contribution in [3.63, 3.8) is 0 Å². The maximum absolute atomic E-state index is 12.6. The lowest BCUT2D eigenvalue weighted by atomic mass is 10.2. The zero-order valence-electron chi connectivity index (χ0n) is 18.1. The topological polar surface area (TPSA) is 66.3 Å². The molecule has 1 saturated heterocycles. The molecule has 0 spiro atoms. The van der Waals surface area contributed by atoms with Gasteiger partial charge in [-0.2, -0.15) is 0 Å². The Morgan fingerprint density at radius 2 is 1.81 bits per heavy atom. The summed E-state index contributed by atoms with van der Waals surface area (Å²) in [5, 5.41) is 3.21. The van der Waals surface area contributed by atoms with Crippen LogP contribution in [0.25, 0.3) is 16.9 Å². The van der Waals surface area contributed by atoms with Crippen molar-refractivity contribution in [3.05, 3.63) is 54.0 Å². The van der Waals surface area contributed by atoms with Gasteiger partial charge in [-0.05, 0) is 44.0 Å². The van der Waals surface area contributed by atoms with E-state index in [1.165, 1.54) is 18.4 Å². The van der Waals surface area contributed by atoms with Crippen molar-refractivity contribution in [2.24, 2.45) is 0 Å². The third-order valence-electron chi connectivity index (χ3n) is 6.48. The van der Waals surface area contributed by atoms with Gasteiger partial charge in [0.2, 0.25) is 0 Å². The third kappa shape index (κ3) is 4.28. The molecule has 31 heavy (non-hydrogen) atoms. The fraction of sp³-hybridized carbons (Fsp3) is 0.458. The van der Waals surface area contributed by atoms with Crippen molar-refractivity contribution in [3.8, 4) is 5.69 Å². The summed E-state index contributed by atoms with van der Waals surface area (Å²) >= 11 is 0. The number of carbonyl (C=O) groups is 1. The second kappa shape index (κ2) is 8.67. The van der Waals surface area contributed by atoms with E-state index in [1.807, 2.05) is 23.2 Å². The summed E-state index contributed by atoms with van der Waals surface area (Å²) in [4.78, 5) is 26.4. The van der Waals surface area contributed by atoms with Crippen LogP contribution in [0.1, 0.15) is 37.1 Å². The van der Waals surface area contributed by atoms with Gasteiger partial charge in [-0.1, -0.05) is 30.5 Å². The van der Waals surface area contributed by atoms with Crippen molar-refractivity contribution in [2.75, 3.05) is 26.2 Å². The number of pyridine rings is 1. The van der Waals surface area contributed by atoms with E-state index in [4.69, 9.17) is 4.98 Å². The molecule has 7 heteroatoms. The molecule has 0 bridgehead atoms. The molecule has 7 nitrogen and oxygen atoms in total. The number of hydrogen-bond donors (Lipinski definition) is 1. The van der Waals surface area contributed by atoms with E-state index < -0.39 is 0 Å². The van der Waals surface area contributed by atoms with Gasteiger partial charge in [-0.25, -0.2) is 14.8 Å². The first kappa shape index (κ1) is 20.0. The number of rotatable bonds is 4. The van der Waals surface area contributed by atoms with E-state index in [2.05, 4.69) is 51.0 Å². The van der Waals surface area contributed by atoms with Gasteiger partial charge in [0.25, 0.3) is 0 Å². The SMILES string of the molecule is Cc1ccc(-n2c(CN3CCN(C(=O)NC4CCCC4)CC3)nc3cccnc32)cc1. The Kier molecular flexibility index (Phi) is 5.59. The van der Waals surface area contributed by atoms with Crippen LogP contribution in [0.4, 0.5) is 4.79 Å². The number of urea groups is 1. The molecule has 2 fully saturated rings. The number of carbonyl (C=O) groups excluding carboxylic acids is 1. The summed E-state index contributed by atoms with van der Waals surface area (Å²) in [6.07, 6.45) is 6.52. The van der Waals surface area contributed by atoms with Crippen molar-refractivity contribution in [1.82, 2.24) is 29.7 Å². The number of imidazole rings is 1. The average Bonchev–Trinajstić information content (AvgIpc) is 3.42. The highest BCUT2D eigenvalue weighted by Gasteiger charge is 2.25. The van der Waals surface area contributed by atoms with Crippen LogP contribution in [0.3, 0.4) is 0 Å². The Hall–Kier alpha value is -2.93. The summed E-state index contributed by atoms with van der Waals surface area (Å²) in [6.45, 7) is 6.04. The second-order valence-electron chi connectivity index (χ2n) is 8.74. The Bertz CT molecular complexity index is 1050. The molecular weight excluding hydrogens is 388 g/mol. The van der Waals surface area contributed by atoms with E-state index in [1.54, 1.807) is 0 Å². The lowest BCUT2D eigenvalue weighted by molar-refractivity contribution is 0.131. The predicted molar refractivity (Wildman–Crippen MR) is 121 cm³/mol. The van der Waals surface area contributed by atoms with Gasteiger partial charge < -0.3 is 10.2 Å². The highest BCUT2D eigenvalue weighted by atomic mass is 16.2. The Labute approximate surface area is 183 Å². The average molecular weight is 419 g/mol. The predicted octanol–water partition coefficient (Wildman–Crippen LogP) is 3.50. The zero-order valence-corrected chi connectivity index (χ0v) is 18.1. The minimum absolute atomic E-state index is 0.0997. The second-order valence-corrected chi connectivity index (χ2v) is 8.74. The maximum Gasteiger partial charge on any atom is 0.317 e. The van der Waals surface area contributed by atoms with Gasteiger partial charge >= 0.3 is 6.03 Å². The fourth-order valence-electron chi connectivity index (χ4n) is 4.68. The molecule has 3 heterocycles. The zero-order chi connectivity index (χ0) is 21.2. The molecule has 0 unspecified atom stereocenters.